The SMILES string of the molecule is c1ccc(-c2ccc(N(c3ccc(-c4ccc5c(c4)c4cc(C6(c7ccccc7)c7ccccc7-c7ccccc76)ccc4n5-c4ccccc4)cc3)c3cccc4sc5ccccc5c34)cc2)cc1. The van der Waals surface area contributed by atoms with E-state index in [1.165, 1.54) is 103 Å². The Bertz CT molecular complexity index is 4050. The maximum atomic E-state index is 2.49. The second-order valence-electron chi connectivity index (χ2n) is 18.4. The molecule has 0 fully saturated rings. The van der Waals surface area contributed by atoms with E-state index in [0.717, 1.165) is 17.1 Å². The number of para-hydroxylation sites is 1. The lowest BCUT2D eigenvalue weighted by Crippen LogP contribution is -2.28. The molecule has 2 aromatic heterocycles. The topological polar surface area (TPSA) is 8.17 Å². The fraction of sp³-hybridized carbons (Fsp3) is 0.0149. The van der Waals surface area contributed by atoms with E-state index in [-0.39, 0.29) is 0 Å². The first-order valence-electron chi connectivity index (χ1n) is 24.1. The third kappa shape index (κ3) is 6.19. The van der Waals surface area contributed by atoms with Gasteiger partial charge in [-0.15, -0.1) is 11.3 Å². The first-order valence-corrected chi connectivity index (χ1v) is 24.9. The third-order valence-corrected chi connectivity index (χ3v) is 15.8. The van der Waals surface area contributed by atoms with Gasteiger partial charge in [-0.2, -0.15) is 0 Å². The lowest BCUT2D eigenvalue weighted by molar-refractivity contribution is 0.770. The molecule has 11 aromatic carbocycles. The van der Waals surface area contributed by atoms with Gasteiger partial charge in [-0.05, 0) is 134 Å². The van der Waals surface area contributed by atoms with Crippen LogP contribution in [0.3, 0.4) is 0 Å². The van der Waals surface area contributed by atoms with Gasteiger partial charge in [0.05, 0.1) is 22.1 Å². The first kappa shape index (κ1) is 40.3. The third-order valence-electron chi connectivity index (χ3n) is 14.7. The number of nitrogens with zero attached hydrogens (tertiary/aromatic N) is 2. The molecule has 2 nitrogen and oxygen atoms in total. The van der Waals surface area contributed by atoms with Crippen LogP contribution in [-0.2, 0) is 5.41 Å². The molecule has 0 saturated heterocycles. The molecule has 2 heterocycles. The van der Waals surface area contributed by atoms with Crippen LogP contribution in [0.15, 0.2) is 267 Å². The fourth-order valence-electron chi connectivity index (χ4n) is 11.6. The number of aromatic nitrogens is 1. The Balaban J connectivity index is 0.938. The van der Waals surface area contributed by atoms with Crippen LogP contribution < -0.4 is 4.90 Å². The van der Waals surface area contributed by atoms with Crippen LogP contribution in [0.2, 0.25) is 0 Å². The van der Waals surface area contributed by atoms with Crippen molar-refractivity contribution in [2.24, 2.45) is 0 Å². The summed E-state index contributed by atoms with van der Waals surface area (Å²) in [6.45, 7) is 0. The number of fused-ring (bicyclic) bond motifs is 9. The van der Waals surface area contributed by atoms with Gasteiger partial charge in [-0.1, -0.05) is 188 Å². The van der Waals surface area contributed by atoms with Crippen molar-refractivity contribution in [1.82, 2.24) is 4.57 Å². The van der Waals surface area contributed by atoms with Gasteiger partial charge in [0.15, 0.2) is 0 Å². The van der Waals surface area contributed by atoms with Crippen LogP contribution in [0.4, 0.5) is 17.1 Å². The van der Waals surface area contributed by atoms with Gasteiger partial charge < -0.3 is 9.47 Å². The summed E-state index contributed by atoms with van der Waals surface area (Å²) in [4.78, 5) is 2.43. The van der Waals surface area contributed by atoms with E-state index < -0.39 is 5.41 Å². The van der Waals surface area contributed by atoms with Crippen molar-refractivity contribution in [3.05, 3.63) is 289 Å². The predicted molar refractivity (Wildman–Crippen MR) is 297 cm³/mol. The van der Waals surface area contributed by atoms with E-state index in [1.807, 2.05) is 11.3 Å². The Labute approximate surface area is 411 Å². The molecular weight excluding hydrogens is 865 g/mol. The maximum absolute atomic E-state index is 2.49. The number of rotatable bonds is 8. The molecule has 0 bridgehead atoms. The number of anilines is 3. The molecule has 0 atom stereocenters. The second kappa shape index (κ2) is 16.2. The number of thiophene rings is 1. The summed E-state index contributed by atoms with van der Waals surface area (Å²) in [6.07, 6.45) is 0. The molecular formula is C67H44N2S. The average Bonchev–Trinajstić information content (AvgIpc) is 4.08. The summed E-state index contributed by atoms with van der Waals surface area (Å²) in [5, 5.41) is 5.01. The van der Waals surface area contributed by atoms with Crippen molar-refractivity contribution in [3.8, 4) is 39.1 Å². The molecule has 13 aromatic rings. The standard InChI is InChI=1S/C67H44N2S/c1-4-17-45(18-5-1)46-31-37-52(38-32-46)68(63-28-16-30-65-66(63)56-25-12-15-29-64(56)70-65)53-39-33-47(34-40-53)48-35-41-61-57(43-48)58-44-50(36-42-62(58)69(61)51-21-8-3-9-22-51)67(49-19-6-2-7-20-49)59-26-13-10-23-54(59)55-24-11-14-27-60(55)67/h1-44H. The highest BCUT2D eigenvalue weighted by Crippen LogP contribution is 2.57. The van der Waals surface area contributed by atoms with Crippen molar-refractivity contribution in [3.63, 3.8) is 0 Å². The zero-order valence-corrected chi connectivity index (χ0v) is 39.0. The maximum Gasteiger partial charge on any atom is 0.0713 e. The minimum atomic E-state index is -0.495. The highest BCUT2D eigenvalue weighted by Gasteiger charge is 2.46. The first-order chi connectivity index (χ1) is 34.7. The number of hydrogen-bond donors (Lipinski definition) is 0. The van der Waals surface area contributed by atoms with Gasteiger partial charge in [0.25, 0.3) is 0 Å². The number of benzene rings is 11. The molecule has 3 heteroatoms. The van der Waals surface area contributed by atoms with Gasteiger partial charge in [0.2, 0.25) is 0 Å². The highest BCUT2D eigenvalue weighted by molar-refractivity contribution is 7.26. The van der Waals surface area contributed by atoms with E-state index in [2.05, 4.69) is 276 Å². The summed E-state index contributed by atoms with van der Waals surface area (Å²) >= 11 is 1.86. The summed E-state index contributed by atoms with van der Waals surface area (Å²) < 4.78 is 5.01. The molecule has 0 unspecified atom stereocenters. The van der Waals surface area contributed by atoms with Crippen LogP contribution in [0.5, 0.6) is 0 Å². The van der Waals surface area contributed by atoms with Gasteiger partial charge in [-0.25, -0.2) is 0 Å². The van der Waals surface area contributed by atoms with E-state index in [0.29, 0.717) is 0 Å². The lowest BCUT2D eigenvalue weighted by atomic mass is 9.67. The lowest BCUT2D eigenvalue weighted by Gasteiger charge is -2.34. The van der Waals surface area contributed by atoms with E-state index in [4.69, 9.17) is 0 Å². The molecule has 70 heavy (non-hydrogen) atoms. The molecule has 0 radical (unpaired) electrons. The van der Waals surface area contributed by atoms with E-state index in [9.17, 15) is 0 Å². The van der Waals surface area contributed by atoms with Gasteiger partial charge in [0.1, 0.15) is 0 Å². The number of hydrogen-bond acceptors (Lipinski definition) is 2. The summed E-state index contributed by atoms with van der Waals surface area (Å²) in [6, 6.07) is 98.5. The quantitative estimate of drug-likeness (QED) is 0.147. The highest BCUT2D eigenvalue weighted by atomic mass is 32.1. The molecule has 0 spiro atoms. The molecule has 328 valence electrons. The Hall–Kier alpha value is -8.76. The largest absolute Gasteiger partial charge is 0.310 e. The molecule has 1 aliphatic carbocycles. The normalized spacial score (nSPS) is 12.7. The molecule has 0 saturated carbocycles. The van der Waals surface area contributed by atoms with Crippen molar-refractivity contribution in [2.75, 3.05) is 4.90 Å². The Morgan fingerprint density at radius 2 is 0.857 bits per heavy atom. The predicted octanol–water partition coefficient (Wildman–Crippen LogP) is 18.3. The van der Waals surface area contributed by atoms with E-state index >= 15 is 0 Å². The summed E-state index contributed by atoms with van der Waals surface area (Å²) in [5.41, 5.74) is 18.9. The minimum absolute atomic E-state index is 0.495. The smallest absolute Gasteiger partial charge is 0.0713 e. The van der Waals surface area contributed by atoms with Crippen LogP contribution >= 0.6 is 11.3 Å². The van der Waals surface area contributed by atoms with Crippen molar-refractivity contribution in [1.29, 1.82) is 0 Å². The molecule has 0 amide bonds. The van der Waals surface area contributed by atoms with Gasteiger partial charge >= 0.3 is 0 Å². The van der Waals surface area contributed by atoms with Crippen molar-refractivity contribution < 1.29 is 0 Å². The second-order valence-corrected chi connectivity index (χ2v) is 19.5. The molecule has 0 aliphatic heterocycles. The van der Waals surface area contributed by atoms with Crippen molar-refractivity contribution >= 4 is 70.4 Å². The molecule has 1 aliphatic rings. The monoisotopic (exact) mass is 908 g/mol. The molecule has 14 rings (SSSR count). The van der Waals surface area contributed by atoms with Crippen molar-refractivity contribution in [2.45, 2.75) is 5.41 Å². The molecule has 0 N–H and O–H groups in total. The van der Waals surface area contributed by atoms with Crippen LogP contribution in [0.1, 0.15) is 22.3 Å². The summed E-state index contributed by atoms with van der Waals surface area (Å²) in [5.74, 6) is 0. The Morgan fingerprint density at radius 3 is 1.54 bits per heavy atom. The van der Waals surface area contributed by atoms with Crippen LogP contribution in [-0.4, -0.2) is 4.57 Å². The van der Waals surface area contributed by atoms with E-state index in [1.54, 1.807) is 0 Å². The fourth-order valence-corrected chi connectivity index (χ4v) is 12.7. The minimum Gasteiger partial charge on any atom is -0.310 e. The Morgan fingerprint density at radius 1 is 0.343 bits per heavy atom. The summed E-state index contributed by atoms with van der Waals surface area (Å²) in [7, 11) is 0. The van der Waals surface area contributed by atoms with Crippen LogP contribution in [0, 0.1) is 0 Å². The zero-order chi connectivity index (χ0) is 46.2. The van der Waals surface area contributed by atoms with Gasteiger partial charge in [-0.3, -0.25) is 0 Å². The van der Waals surface area contributed by atoms with Crippen LogP contribution in [0.25, 0.3) is 81.0 Å². The average molecular weight is 909 g/mol. The zero-order valence-electron chi connectivity index (χ0n) is 38.2. The Kier molecular flexibility index (Phi) is 9.33. The van der Waals surface area contributed by atoms with Gasteiger partial charge in [0, 0.05) is 48.0 Å².